The number of aryl methyl sites for hydroxylation is 1. The van der Waals surface area contributed by atoms with Crippen molar-refractivity contribution in [2.75, 3.05) is 5.48 Å². The normalized spacial score (nSPS) is 9.89. The molecule has 2 aromatic rings. The smallest absolute Gasteiger partial charge is 0.338 e. The minimum atomic E-state index is -0.392. The summed E-state index contributed by atoms with van der Waals surface area (Å²) in [5, 5.41) is 0. The molecule has 0 bridgehead atoms. The predicted molar refractivity (Wildman–Crippen MR) is 71.4 cm³/mol. The second-order valence-electron chi connectivity index (χ2n) is 4.11. The molecule has 0 heterocycles. The first-order valence-electron chi connectivity index (χ1n) is 5.77. The molecule has 0 saturated carbocycles. The molecule has 3 heteroatoms. The summed E-state index contributed by atoms with van der Waals surface area (Å²) in [4.78, 5) is 16.8. The van der Waals surface area contributed by atoms with Gasteiger partial charge >= 0.3 is 5.97 Å². The van der Waals surface area contributed by atoms with E-state index < -0.39 is 5.97 Å². The molecule has 0 radical (unpaired) electrons. The van der Waals surface area contributed by atoms with Crippen molar-refractivity contribution in [3.63, 3.8) is 0 Å². The molecule has 0 unspecified atom stereocenters. The van der Waals surface area contributed by atoms with Crippen molar-refractivity contribution in [3.8, 4) is 0 Å². The van der Waals surface area contributed by atoms with Crippen LogP contribution in [0.3, 0.4) is 0 Å². The van der Waals surface area contributed by atoms with Crippen LogP contribution in [0, 0.1) is 13.8 Å². The van der Waals surface area contributed by atoms with E-state index in [0.29, 0.717) is 5.56 Å². The Bertz CT molecular complexity index is 550. The topological polar surface area (TPSA) is 38.3 Å². The van der Waals surface area contributed by atoms with Crippen LogP contribution in [0.15, 0.2) is 48.5 Å². The maximum Gasteiger partial charge on any atom is 0.362 e. The number of hydrogen-bond acceptors (Lipinski definition) is 3. The number of nitrogens with one attached hydrogen (secondary N) is 1. The number of hydrogen-bond donors (Lipinski definition) is 1. The Labute approximate surface area is 106 Å². The van der Waals surface area contributed by atoms with Gasteiger partial charge in [0.05, 0.1) is 11.3 Å². The van der Waals surface area contributed by atoms with Crippen molar-refractivity contribution in [1.82, 2.24) is 0 Å². The Hall–Kier alpha value is -2.29. The summed E-state index contributed by atoms with van der Waals surface area (Å²) in [7, 11) is 0. The predicted octanol–water partition coefficient (Wildman–Crippen LogP) is 3.49. The summed E-state index contributed by atoms with van der Waals surface area (Å²) in [6, 6.07) is 14.7. The van der Waals surface area contributed by atoms with Crippen LogP contribution < -0.4 is 5.48 Å². The van der Waals surface area contributed by atoms with Crippen molar-refractivity contribution in [1.29, 1.82) is 0 Å². The zero-order chi connectivity index (χ0) is 13.0. The van der Waals surface area contributed by atoms with Gasteiger partial charge in [-0.15, -0.1) is 0 Å². The first-order valence-corrected chi connectivity index (χ1v) is 5.77. The van der Waals surface area contributed by atoms with E-state index in [1.54, 1.807) is 24.3 Å². The van der Waals surface area contributed by atoms with Crippen LogP contribution in [0.25, 0.3) is 0 Å². The van der Waals surface area contributed by atoms with Gasteiger partial charge in [0, 0.05) is 0 Å². The van der Waals surface area contributed by atoms with E-state index >= 15 is 0 Å². The molecule has 0 atom stereocenters. The Morgan fingerprint density at radius 2 is 1.72 bits per heavy atom. The molecule has 0 aromatic heterocycles. The fraction of sp³-hybridized carbons (Fsp3) is 0.133. The fourth-order valence-electron chi connectivity index (χ4n) is 1.60. The highest BCUT2D eigenvalue weighted by Gasteiger charge is 2.07. The van der Waals surface area contributed by atoms with Crippen LogP contribution in [0.1, 0.15) is 21.5 Å². The van der Waals surface area contributed by atoms with Crippen LogP contribution in [-0.2, 0) is 4.84 Å². The minimum absolute atomic E-state index is 0.392. The van der Waals surface area contributed by atoms with Crippen LogP contribution >= 0.6 is 0 Å². The van der Waals surface area contributed by atoms with Gasteiger partial charge in [0.2, 0.25) is 0 Å². The van der Waals surface area contributed by atoms with Crippen LogP contribution in [0.4, 0.5) is 5.69 Å². The average Bonchev–Trinajstić information content (AvgIpc) is 2.41. The van der Waals surface area contributed by atoms with E-state index in [4.69, 9.17) is 4.84 Å². The molecule has 0 aliphatic carbocycles. The molecule has 0 aliphatic rings. The molecule has 92 valence electrons. The molecule has 2 aromatic carbocycles. The van der Waals surface area contributed by atoms with Crippen molar-refractivity contribution >= 4 is 11.7 Å². The first kappa shape index (κ1) is 12.2. The summed E-state index contributed by atoms with van der Waals surface area (Å²) in [6.45, 7) is 3.99. The molecule has 3 nitrogen and oxygen atoms in total. The zero-order valence-corrected chi connectivity index (χ0v) is 10.4. The molecule has 0 saturated heterocycles. The highest BCUT2D eigenvalue weighted by Crippen LogP contribution is 2.18. The van der Waals surface area contributed by atoms with E-state index in [-0.39, 0.29) is 0 Å². The summed E-state index contributed by atoms with van der Waals surface area (Å²) in [5.74, 6) is -0.392. The SMILES string of the molecule is Cc1cccc(NOC(=O)c2ccccc2)c1C. The van der Waals surface area contributed by atoms with Gasteiger partial charge in [-0.25, -0.2) is 10.3 Å². The third kappa shape index (κ3) is 2.69. The number of carbonyl (C=O) groups is 1. The van der Waals surface area contributed by atoms with Gasteiger partial charge < -0.3 is 4.84 Å². The Morgan fingerprint density at radius 3 is 2.44 bits per heavy atom. The molecule has 0 amide bonds. The number of anilines is 1. The van der Waals surface area contributed by atoms with E-state index in [1.165, 1.54) is 0 Å². The monoisotopic (exact) mass is 241 g/mol. The second-order valence-corrected chi connectivity index (χ2v) is 4.11. The molecular weight excluding hydrogens is 226 g/mol. The number of carbonyl (C=O) groups excluding carboxylic acids is 1. The standard InChI is InChI=1S/C15H15NO2/c1-11-7-6-10-14(12(11)2)16-18-15(17)13-8-4-3-5-9-13/h3-10,16H,1-2H3. The van der Waals surface area contributed by atoms with Crippen LogP contribution in [0.5, 0.6) is 0 Å². The van der Waals surface area contributed by atoms with Gasteiger partial charge in [0.1, 0.15) is 0 Å². The first-order chi connectivity index (χ1) is 8.68. The van der Waals surface area contributed by atoms with Crippen molar-refractivity contribution in [2.45, 2.75) is 13.8 Å². The van der Waals surface area contributed by atoms with Crippen molar-refractivity contribution < 1.29 is 9.63 Å². The van der Waals surface area contributed by atoms with E-state index in [1.807, 2.05) is 38.1 Å². The van der Waals surface area contributed by atoms with Gasteiger partial charge in [0.25, 0.3) is 0 Å². The molecule has 0 fully saturated rings. The largest absolute Gasteiger partial charge is 0.362 e. The summed E-state index contributed by atoms with van der Waals surface area (Å²) < 4.78 is 0. The number of benzene rings is 2. The fourth-order valence-corrected chi connectivity index (χ4v) is 1.60. The molecule has 2 rings (SSSR count). The highest BCUT2D eigenvalue weighted by atomic mass is 16.7. The third-order valence-corrected chi connectivity index (χ3v) is 2.87. The average molecular weight is 241 g/mol. The van der Waals surface area contributed by atoms with Gasteiger partial charge in [-0.1, -0.05) is 30.3 Å². The van der Waals surface area contributed by atoms with Gasteiger partial charge in [-0.05, 0) is 43.2 Å². The highest BCUT2D eigenvalue weighted by molar-refractivity contribution is 5.89. The maximum absolute atomic E-state index is 11.7. The third-order valence-electron chi connectivity index (χ3n) is 2.87. The molecule has 0 spiro atoms. The lowest BCUT2D eigenvalue weighted by atomic mass is 10.1. The van der Waals surface area contributed by atoms with Crippen molar-refractivity contribution in [2.24, 2.45) is 0 Å². The molecule has 1 N–H and O–H groups in total. The zero-order valence-electron chi connectivity index (χ0n) is 10.4. The van der Waals surface area contributed by atoms with E-state index in [9.17, 15) is 4.79 Å². The quantitative estimate of drug-likeness (QED) is 0.836. The molecule has 18 heavy (non-hydrogen) atoms. The van der Waals surface area contributed by atoms with Gasteiger partial charge in [0.15, 0.2) is 0 Å². The Morgan fingerprint density at radius 1 is 1.00 bits per heavy atom. The molecule has 0 aliphatic heterocycles. The molecular formula is C15H15NO2. The van der Waals surface area contributed by atoms with Crippen LogP contribution in [-0.4, -0.2) is 5.97 Å². The summed E-state index contributed by atoms with van der Waals surface area (Å²) in [6.07, 6.45) is 0. The Balaban J connectivity index is 2.04. The summed E-state index contributed by atoms with van der Waals surface area (Å²) >= 11 is 0. The van der Waals surface area contributed by atoms with Gasteiger partial charge in [-0.2, -0.15) is 0 Å². The lowest BCUT2D eigenvalue weighted by Gasteiger charge is -2.10. The summed E-state index contributed by atoms with van der Waals surface area (Å²) in [5.41, 5.74) is 6.25. The van der Waals surface area contributed by atoms with Crippen LogP contribution in [0.2, 0.25) is 0 Å². The number of rotatable bonds is 3. The van der Waals surface area contributed by atoms with E-state index in [2.05, 4.69) is 5.48 Å². The maximum atomic E-state index is 11.7. The lowest BCUT2D eigenvalue weighted by molar-refractivity contribution is 0.0596. The van der Waals surface area contributed by atoms with Gasteiger partial charge in [-0.3, -0.25) is 0 Å². The second kappa shape index (κ2) is 5.36. The van der Waals surface area contributed by atoms with E-state index in [0.717, 1.165) is 16.8 Å². The Kier molecular flexibility index (Phi) is 3.63. The minimum Gasteiger partial charge on any atom is -0.338 e. The van der Waals surface area contributed by atoms with Crippen molar-refractivity contribution in [3.05, 3.63) is 65.2 Å². The lowest BCUT2D eigenvalue weighted by Crippen LogP contribution is -2.11.